The van der Waals surface area contributed by atoms with Crippen LogP contribution < -0.4 is 4.90 Å². The van der Waals surface area contributed by atoms with Crippen molar-refractivity contribution >= 4 is 5.82 Å². The van der Waals surface area contributed by atoms with Gasteiger partial charge in [-0.05, 0) is 38.0 Å². The fraction of sp³-hybridized carbons (Fsp3) is 0.688. The van der Waals surface area contributed by atoms with Gasteiger partial charge in [-0.2, -0.15) is 0 Å². The van der Waals surface area contributed by atoms with E-state index in [2.05, 4.69) is 46.4 Å². The van der Waals surface area contributed by atoms with Crippen LogP contribution in [0.25, 0.3) is 0 Å². The molecule has 0 fully saturated rings. The standard InChI is InChI=1S/C16H28N2O/c1-7-12(3)18(8-2)15-10-13(11-19)9-14(17-15)16(4,5)6/h9-10,12,19H,7-8,11H2,1-6H3. The summed E-state index contributed by atoms with van der Waals surface area (Å²) in [6.07, 6.45) is 1.09. The molecule has 1 aromatic rings. The lowest BCUT2D eigenvalue weighted by molar-refractivity contribution is 0.281. The number of hydrogen-bond donors (Lipinski definition) is 1. The van der Waals surface area contributed by atoms with Crippen LogP contribution in [0.4, 0.5) is 5.82 Å². The summed E-state index contributed by atoms with van der Waals surface area (Å²) in [5, 5.41) is 9.46. The first-order valence-electron chi connectivity index (χ1n) is 7.22. The van der Waals surface area contributed by atoms with Crippen molar-refractivity contribution in [1.29, 1.82) is 0 Å². The van der Waals surface area contributed by atoms with Gasteiger partial charge in [0.05, 0.1) is 6.61 Å². The maximum absolute atomic E-state index is 9.46. The molecule has 1 heterocycles. The number of anilines is 1. The summed E-state index contributed by atoms with van der Waals surface area (Å²) in [5.41, 5.74) is 1.97. The third-order valence-corrected chi connectivity index (χ3v) is 3.58. The third kappa shape index (κ3) is 3.93. The molecule has 1 atom stereocenters. The zero-order valence-electron chi connectivity index (χ0n) is 13.2. The summed E-state index contributed by atoms with van der Waals surface area (Å²) < 4.78 is 0. The van der Waals surface area contributed by atoms with Crippen molar-refractivity contribution in [2.24, 2.45) is 0 Å². The first kappa shape index (κ1) is 16.0. The van der Waals surface area contributed by atoms with Crippen LogP contribution in [0.3, 0.4) is 0 Å². The third-order valence-electron chi connectivity index (χ3n) is 3.58. The van der Waals surface area contributed by atoms with Gasteiger partial charge in [0.1, 0.15) is 5.82 Å². The normalized spacial score (nSPS) is 13.4. The Morgan fingerprint density at radius 3 is 2.32 bits per heavy atom. The van der Waals surface area contributed by atoms with Crippen molar-refractivity contribution in [3.8, 4) is 0 Å². The Hall–Kier alpha value is -1.09. The van der Waals surface area contributed by atoms with Crippen molar-refractivity contribution in [3.63, 3.8) is 0 Å². The smallest absolute Gasteiger partial charge is 0.129 e. The number of aromatic nitrogens is 1. The lowest BCUT2D eigenvalue weighted by atomic mass is 9.90. The van der Waals surface area contributed by atoms with Gasteiger partial charge >= 0.3 is 0 Å². The maximum Gasteiger partial charge on any atom is 0.129 e. The molecule has 0 aromatic carbocycles. The van der Waals surface area contributed by atoms with E-state index in [9.17, 15) is 5.11 Å². The highest BCUT2D eigenvalue weighted by molar-refractivity contribution is 5.44. The van der Waals surface area contributed by atoms with Crippen molar-refractivity contribution in [2.75, 3.05) is 11.4 Å². The minimum atomic E-state index is -0.00516. The fourth-order valence-corrected chi connectivity index (χ4v) is 2.11. The summed E-state index contributed by atoms with van der Waals surface area (Å²) in [6.45, 7) is 14.0. The van der Waals surface area contributed by atoms with Crippen molar-refractivity contribution in [2.45, 2.75) is 66.0 Å². The largest absolute Gasteiger partial charge is 0.392 e. The van der Waals surface area contributed by atoms with E-state index in [1.165, 1.54) is 0 Å². The fourth-order valence-electron chi connectivity index (χ4n) is 2.11. The summed E-state index contributed by atoms with van der Waals surface area (Å²) in [6, 6.07) is 4.47. The van der Waals surface area contributed by atoms with Crippen molar-refractivity contribution in [1.82, 2.24) is 4.98 Å². The van der Waals surface area contributed by atoms with Gasteiger partial charge < -0.3 is 10.0 Å². The molecule has 1 rings (SSSR count). The minimum absolute atomic E-state index is 0.00516. The average Bonchev–Trinajstić information content (AvgIpc) is 2.37. The van der Waals surface area contributed by atoms with Crippen LogP contribution in [0.15, 0.2) is 12.1 Å². The molecule has 3 nitrogen and oxygen atoms in total. The van der Waals surface area contributed by atoms with Gasteiger partial charge in [0.2, 0.25) is 0 Å². The number of aliphatic hydroxyl groups is 1. The number of hydrogen-bond acceptors (Lipinski definition) is 3. The number of nitrogens with zero attached hydrogens (tertiary/aromatic N) is 2. The average molecular weight is 264 g/mol. The van der Waals surface area contributed by atoms with E-state index < -0.39 is 0 Å². The molecule has 0 radical (unpaired) electrons. The number of aliphatic hydroxyl groups excluding tert-OH is 1. The van der Waals surface area contributed by atoms with Crippen LogP contribution in [0.1, 0.15) is 59.2 Å². The Kier molecular flexibility index (Phi) is 5.36. The van der Waals surface area contributed by atoms with Gasteiger partial charge in [0, 0.05) is 23.7 Å². The Labute approximate surface area is 117 Å². The molecule has 1 aromatic heterocycles. The van der Waals surface area contributed by atoms with Crippen LogP contribution in [0, 0.1) is 0 Å². The van der Waals surface area contributed by atoms with Crippen LogP contribution in [0.2, 0.25) is 0 Å². The molecule has 0 aliphatic heterocycles. The predicted octanol–water partition coefficient (Wildman–Crippen LogP) is 3.50. The van der Waals surface area contributed by atoms with Gasteiger partial charge in [-0.1, -0.05) is 27.7 Å². The molecule has 108 valence electrons. The highest BCUT2D eigenvalue weighted by atomic mass is 16.3. The second kappa shape index (κ2) is 6.38. The second-order valence-corrected chi connectivity index (χ2v) is 6.17. The van der Waals surface area contributed by atoms with E-state index in [0.29, 0.717) is 6.04 Å². The van der Waals surface area contributed by atoms with Crippen LogP contribution in [-0.4, -0.2) is 22.7 Å². The molecule has 0 spiro atoms. The molecule has 0 amide bonds. The molecule has 0 saturated carbocycles. The van der Waals surface area contributed by atoms with Gasteiger partial charge in [-0.3, -0.25) is 0 Å². The molecule has 0 aliphatic rings. The number of pyridine rings is 1. The van der Waals surface area contributed by atoms with E-state index in [-0.39, 0.29) is 12.0 Å². The Bertz CT molecular complexity index is 410. The van der Waals surface area contributed by atoms with E-state index >= 15 is 0 Å². The quantitative estimate of drug-likeness (QED) is 0.884. The first-order chi connectivity index (χ1) is 8.83. The Morgan fingerprint density at radius 2 is 1.89 bits per heavy atom. The topological polar surface area (TPSA) is 36.4 Å². The molecule has 0 aliphatic carbocycles. The van der Waals surface area contributed by atoms with E-state index in [4.69, 9.17) is 4.98 Å². The maximum atomic E-state index is 9.46. The SMILES string of the molecule is CCC(C)N(CC)c1cc(CO)cc(C(C)(C)C)n1. The molecule has 3 heteroatoms. The van der Waals surface area contributed by atoms with Crippen LogP contribution >= 0.6 is 0 Å². The summed E-state index contributed by atoms with van der Waals surface area (Å²) in [5.74, 6) is 0.980. The molecule has 1 unspecified atom stereocenters. The van der Waals surface area contributed by atoms with E-state index in [1.807, 2.05) is 12.1 Å². The van der Waals surface area contributed by atoms with Gasteiger partial charge in [0.15, 0.2) is 0 Å². The van der Waals surface area contributed by atoms with Crippen LogP contribution in [0.5, 0.6) is 0 Å². The highest BCUT2D eigenvalue weighted by Gasteiger charge is 2.20. The molecular formula is C16H28N2O. The summed E-state index contributed by atoms with van der Waals surface area (Å²) in [7, 11) is 0. The summed E-state index contributed by atoms with van der Waals surface area (Å²) in [4.78, 5) is 7.11. The van der Waals surface area contributed by atoms with Crippen molar-refractivity contribution < 1.29 is 5.11 Å². The van der Waals surface area contributed by atoms with Gasteiger partial charge in [-0.15, -0.1) is 0 Å². The highest BCUT2D eigenvalue weighted by Crippen LogP contribution is 2.26. The molecule has 19 heavy (non-hydrogen) atoms. The monoisotopic (exact) mass is 264 g/mol. The predicted molar refractivity (Wildman–Crippen MR) is 81.6 cm³/mol. The Balaban J connectivity index is 3.26. The number of rotatable bonds is 5. The lowest BCUT2D eigenvalue weighted by Gasteiger charge is -2.30. The zero-order valence-corrected chi connectivity index (χ0v) is 13.2. The molecule has 1 N–H and O–H groups in total. The molecular weight excluding hydrogens is 236 g/mol. The van der Waals surface area contributed by atoms with Gasteiger partial charge in [0.25, 0.3) is 0 Å². The van der Waals surface area contributed by atoms with Gasteiger partial charge in [-0.25, -0.2) is 4.98 Å². The first-order valence-corrected chi connectivity index (χ1v) is 7.22. The molecule has 0 bridgehead atoms. The van der Waals surface area contributed by atoms with Crippen LogP contribution in [-0.2, 0) is 12.0 Å². The minimum Gasteiger partial charge on any atom is -0.392 e. The van der Waals surface area contributed by atoms with E-state index in [1.54, 1.807) is 0 Å². The summed E-state index contributed by atoms with van der Waals surface area (Å²) >= 11 is 0. The van der Waals surface area contributed by atoms with Crippen molar-refractivity contribution in [3.05, 3.63) is 23.4 Å². The second-order valence-electron chi connectivity index (χ2n) is 6.17. The lowest BCUT2D eigenvalue weighted by Crippen LogP contribution is -2.33. The Morgan fingerprint density at radius 1 is 1.26 bits per heavy atom. The van der Waals surface area contributed by atoms with E-state index in [0.717, 1.165) is 30.0 Å². The molecule has 0 saturated heterocycles. The zero-order chi connectivity index (χ0) is 14.6.